The summed E-state index contributed by atoms with van der Waals surface area (Å²) in [6.45, 7) is 7.58. The molecule has 1 heterocycles. The Kier molecular flexibility index (Phi) is 4.29. The van der Waals surface area contributed by atoms with E-state index in [2.05, 4.69) is 62.3 Å². The Morgan fingerprint density at radius 3 is 2.60 bits per heavy atom. The van der Waals surface area contributed by atoms with Crippen LogP contribution in [-0.4, -0.2) is 24.6 Å². The number of hydrogen-bond donors (Lipinski definition) is 1. The summed E-state index contributed by atoms with van der Waals surface area (Å²) in [6, 6.07) is 10.6. The van der Waals surface area contributed by atoms with Crippen molar-refractivity contribution in [3.05, 3.63) is 35.9 Å². The lowest BCUT2D eigenvalue weighted by molar-refractivity contribution is 0.467. The summed E-state index contributed by atoms with van der Waals surface area (Å²) in [6.07, 6.45) is 1.08. The zero-order valence-corrected chi connectivity index (χ0v) is 13.2. The molecule has 0 aliphatic rings. The van der Waals surface area contributed by atoms with Crippen LogP contribution in [0.15, 0.2) is 30.3 Å². The fraction of sp³-hybridized carbons (Fsp3) is 0.471. The van der Waals surface area contributed by atoms with Crippen LogP contribution in [0.25, 0.3) is 10.9 Å². The number of nitrogens with zero attached hydrogens (tertiary/aromatic N) is 2. The lowest BCUT2D eigenvalue weighted by atomic mass is 9.99. The van der Waals surface area contributed by atoms with Crippen LogP contribution in [0.1, 0.15) is 32.8 Å². The van der Waals surface area contributed by atoms with E-state index in [4.69, 9.17) is 4.98 Å². The predicted octanol–water partition coefficient (Wildman–Crippen LogP) is 3.58. The molecule has 0 saturated carbocycles. The van der Waals surface area contributed by atoms with E-state index in [9.17, 15) is 0 Å². The highest BCUT2D eigenvalue weighted by Crippen LogP contribution is 2.27. The number of anilines is 1. The number of benzene rings is 1. The van der Waals surface area contributed by atoms with Gasteiger partial charge in [-0.15, -0.1) is 0 Å². The quantitative estimate of drug-likeness (QED) is 0.901. The predicted molar refractivity (Wildman–Crippen MR) is 87.3 cm³/mol. The molecule has 0 radical (unpaired) electrons. The van der Waals surface area contributed by atoms with E-state index in [1.54, 1.807) is 0 Å². The van der Waals surface area contributed by atoms with E-state index in [1.165, 1.54) is 10.9 Å². The first-order valence-corrected chi connectivity index (χ1v) is 7.26. The maximum Gasteiger partial charge on any atom is 0.129 e. The Bertz CT molecular complexity index is 590. The number of pyridine rings is 1. The highest BCUT2D eigenvalue weighted by molar-refractivity contribution is 5.84. The van der Waals surface area contributed by atoms with Gasteiger partial charge in [0.25, 0.3) is 0 Å². The Morgan fingerprint density at radius 2 is 1.95 bits per heavy atom. The van der Waals surface area contributed by atoms with E-state index in [0.29, 0.717) is 0 Å². The summed E-state index contributed by atoms with van der Waals surface area (Å²) in [7, 11) is 4.11. The van der Waals surface area contributed by atoms with Gasteiger partial charge in [-0.2, -0.15) is 0 Å². The molecule has 108 valence electrons. The minimum Gasteiger partial charge on any atom is -0.355 e. The van der Waals surface area contributed by atoms with Crippen LogP contribution in [0.5, 0.6) is 0 Å². The summed E-state index contributed by atoms with van der Waals surface area (Å²) in [5.41, 5.74) is 2.47. The summed E-state index contributed by atoms with van der Waals surface area (Å²) >= 11 is 0. The van der Waals surface area contributed by atoms with Crippen LogP contribution in [0, 0.1) is 0 Å². The number of nitrogens with one attached hydrogen (secondary N) is 1. The summed E-state index contributed by atoms with van der Waals surface area (Å²) < 4.78 is 0. The topological polar surface area (TPSA) is 28.2 Å². The normalized spacial score (nSPS) is 11.8. The second kappa shape index (κ2) is 5.80. The van der Waals surface area contributed by atoms with Crippen LogP contribution >= 0.6 is 0 Å². The molecule has 0 saturated heterocycles. The SMILES string of the molecule is CCC(C)(C)N(C)c1cc(CNC)c2ccccc2n1. The van der Waals surface area contributed by atoms with E-state index < -0.39 is 0 Å². The highest BCUT2D eigenvalue weighted by Gasteiger charge is 2.23. The first-order valence-electron chi connectivity index (χ1n) is 7.26. The molecule has 1 aromatic carbocycles. The van der Waals surface area contributed by atoms with E-state index in [-0.39, 0.29) is 5.54 Å². The number of aromatic nitrogens is 1. The van der Waals surface area contributed by atoms with Gasteiger partial charge in [0.2, 0.25) is 0 Å². The molecule has 0 unspecified atom stereocenters. The monoisotopic (exact) mass is 271 g/mol. The van der Waals surface area contributed by atoms with Gasteiger partial charge >= 0.3 is 0 Å². The second-order valence-electron chi connectivity index (χ2n) is 5.91. The average Bonchev–Trinajstić information content (AvgIpc) is 2.46. The Hall–Kier alpha value is -1.61. The first kappa shape index (κ1) is 14.8. The van der Waals surface area contributed by atoms with Crippen LogP contribution in [0.2, 0.25) is 0 Å². The molecular formula is C17H25N3. The number of hydrogen-bond acceptors (Lipinski definition) is 3. The summed E-state index contributed by atoms with van der Waals surface area (Å²) in [5.74, 6) is 1.04. The molecule has 0 bridgehead atoms. The van der Waals surface area contributed by atoms with Crippen molar-refractivity contribution in [3.63, 3.8) is 0 Å². The molecule has 2 rings (SSSR count). The van der Waals surface area contributed by atoms with Gasteiger partial charge in [-0.3, -0.25) is 0 Å². The zero-order valence-electron chi connectivity index (χ0n) is 13.2. The van der Waals surface area contributed by atoms with Gasteiger partial charge in [-0.25, -0.2) is 4.98 Å². The van der Waals surface area contributed by atoms with E-state index >= 15 is 0 Å². The Balaban J connectivity index is 2.55. The smallest absolute Gasteiger partial charge is 0.129 e. The van der Waals surface area contributed by atoms with Gasteiger partial charge in [0.15, 0.2) is 0 Å². The van der Waals surface area contributed by atoms with Crippen LogP contribution in [-0.2, 0) is 6.54 Å². The standard InChI is InChI=1S/C17H25N3/c1-6-17(2,3)20(5)16-11-13(12-18-4)14-9-7-8-10-15(14)19-16/h7-11,18H,6,12H2,1-5H3. The maximum atomic E-state index is 4.83. The molecule has 3 nitrogen and oxygen atoms in total. The van der Waals surface area contributed by atoms with E-state index in [1.807, 2.05) is 13.1 Å². The van der Waals surface area contributed by atoms with Crippen molar-refractivity contribution in [2.75, 3.05) is 19.0 Å². The van der Waals surface area contributed by atoms with Crippen molar-refractivity contribution in [1.82, 2.24) is 10.3 Å². The maximum absolute atomic E-state index is 4.83. The molecule has 1 N–H and O–H groups in total. The Labute approximate surface area is 122 Å². The third-order valence-electron chi connectivity index (χ3n) is 4.27. The largest absolute Gasteiger partial charge is 0.355 e. The second-order valence-corrected chi connectivity index (χ2v) is 5.91. The Morgan fingerprint density at radius 1 is 1.25 bits per heavy atom. The molecule has 20 heavy (non-hydrogen) atoms. The van der Waals surface area contributed by atoms with Gasteiger partial charge in [-0.1, -0.05) is 25.1 Å². The van der Waals surface area contributed by atoms with Gasteiger partial charge < -0.3 is 10.2 Å². The van der Waals surface area contributed by atoms with Crippen molar-refractivity contribution in [3.8, 4) is 0 Å². The summed E-state index contributed by atoms with van der Waals surface area (Å²) in [5, 5.41) is 4.48. The molecule has 0 fully saturated rings. The minimum absolute atomic E-state index is 0.104. The van der Waals surface area contributed by atoms with Crippen molar-refractivity contribution in [2.24, 2.45) is 0 Å². The van der Waals surface area contributed by atoms with Gasteiger partial charge in [0, 0.05) is 24.5 Å². The third-order valence-corrected chi connectivity index (χ3v) is 4.27. The summed E-state index contributed by atoms with van der Waals surface area (Å²) in [4.78, 5) is 7.11. The zero-order chi connectivity index (χ0) is 14.8. The number of fused-ring (bicyclic) bond motifs is 1. The fourth-order valence-electron chi connectivity index (χ4n) is 2.29. The third kappa shape index (κ3) is 2.78. The molecule has 0 aliphatic carbocycles. The lowest BCUT2D eigenvalue weighted by Crippen LogP contribution is -2.41. The van der Waals surface area contributed by atoms with Gasteiger partial charge in [-0.05, 0) is 45.0 Å². The molecule has 0 atom stereocenters. The van der Waals surface area contributed by atoms with Gasteiger partial charge in [0.1, 0.15) is 5.82 Å². The number of rotatable bonds is 5. The molecule has 0 spiro atoms. The van der Waals surface area contributed by atoms with E-state index in [0.717, 1.165) is 24.3 Å². The van der Waals surface area contributed by atoms with Crippen molar-refractivity contribution >= 4 is 16.7 Å². The van der Waals surface area contributed by atoms with Gasteiger partial charge in [0.05, 0.1) is 5.52 Å². The van der Waals surface area contributed by atoms with Crippen molar-refractivity contribution in [2.45, 2.75) is 39.3 Å². The lowest BCUT2D eigenvalue weighted by Gasteiger charge is -2.36. The number of para-hydroxylation sites is 1. The molecular weight excluding hydrogens is 246 g/mol. The molecule has 3 heteroatoms. The van der Waals surface area contributed by atoms with Crippen molar-refractivity contribution < 1.29 is 0 Å². The minimum atomic E-state index is 0.104. The average molecular weight is 271 g/mol. The molecule has 0 aliphatic heterocycles. The molecule has 2 aromatic rings. The van der Waals surface area contributed by atoms with Crippen LogP contribution < -0.4 is 10.2 Å². The molecule has 0 amide bonds. The van der Waals surface area contributed by atoms with Crippen LogP contribution in [0.3, 0.4) is 0 Å². The molecule has 1 aromatic heterocycles. The highest BCUT2D eigenvalue weighted by atomic mass is 15.2. The van der Waals surface area contributed by atoms with Crippen LogP contribution in [0.4, 0.5) is 5.82 Å². The first-order chi connectivity index (χ1) is 9.49. The fourth-order valence-corrected chi connectivity index (χ4v) is 2.29. The van der Waals surface area contributed by atoms with Crippen molar-refractivity contribution in [1.29, 1.82) is 0 Å².